The van der Waals surface area contributed by atoms with Crippen molar-refractivity contribution in [3.63, 3.8) is 0 Å². The third kappa shape index (κ3) is 9.80. The van der Waals surface area contributed by atoms with Crippen LogP contribution in [0.3, 0.4) is 0 Å². The van der Waals surface area contributed by atoms with Gasteiger partial charge in [-0.3, -0.25) is 18.9 Å². The minimum absolute atomic E-state index is 0.0128. The molecule has 1 unspecified atom stereocenters. The third-order valence-electron chi connectivity index (χ3n) is 3.74. The lowest BCUT2D eigenvalue weighted by molar-refractivity contribution is -0.120. The monoisotopic (exact) mass is 347 g/mol. The zero-order chi connectivity index (χ0) is 17.9. The summed E-state index contributed by atoms with van der Waals surface area (Å²) in [4.78, 5) is 44.8. The first-order valence-electron chi connectivity index (χ1n) is 8.39. The quantitative estimate of drug-likeness (QED) is 0.486. The Kier molecular flexibility index (Phi) is 11.2. The molecule has 0 amide bonds. The highest BCUT2D eigenvalue weighted by Gasteiger charge is 2.28. The summed E-state index contributed by atoms with van der Waals surface area (Å²) in [5.41, 5.74) is 0. The molecule has 23 heavy (non-hydrogen) atoms. The summed E-state index contributed by atoms with van der Waals surface area (Å²) in [5.74, 6) is -0.00579. The number of nitrogens with zero attached hydrogens (tertiary/aromatic N) is 1. The maximum atomic E-state index is 12.5. The van der Waals surface area contributed by atoms with Crippen LogP contribution in [0.5, 0.6) is 0 Å². The normalized spacial score (nSPS) is 13.8. The van der Waals surface area contributed by atoms with E-state index in [-0.39, 0.29) is 55.9 Å². The predicted octanol–water partition coefficient (Wildman–Crippen LogP) is 2.97. The van der Waals surface area contributed by atoms with Crippen LogP contribution in [0.15, 0.2) is 0 Å². The highest BCUT2D eigenvalue weighted by Crippen LogP contribution is 2.46. The lowest BCUT2D eigenvalue weighted by atomic mass is 10.2. The van der Waals surface area contributed by atoms with Crippen LogP contribution in [-0.2, 0) is 18.9 Å². The van der Waals surface area contributed by atoms with E-state index in [2.05, 4.69) is 0 Å². The van der Waals surface area contributed by atoms with E-state index in [1.165, 1.54) is 4.67 Å². The van der Waals surface area contributed by atoms with Gasteiger partial charge >= 0.3 is 0 Å². The standard InChI is InChI=1S/C16H30NO5P/c1-4-7-16(20)10-13-23(21,22)17(11-8-14(18)5-2)12-9-15(19)6-3/h4-13H2,1-3H3,(H,21,22). The average molecular weight is 347 g/mol. The Bertz CT molecular complexity index is 430. The van der Waals surface area contributed by atoms with Crippen LogP contribution in [0.1, 0.15) is 65.7 Å². The summed E-state index contributed by atoms with van der Waals surface area (Å²) in [7, 11) is -3.71. The van der Waals surface area contributed by atoms with Crippen molar-refractivity contribution in [3.8, 4) is 0 Å². The number of carbonyl (C=O) groups is 3. The van der Waals surface area contributed by atoms with Crippen LogP contribution in [0.2, 0.25) is 0 Å². The van der Waals surface area contributed by atoms with Gasteiger partial charge in [0.1, 0.15) is 17.3 Å². The summed E-state index contributed by atoms with van der Waals surface area (Å²) >= 11 is 0. The van der Waals surface area contributed by atoms with Crippen molar-refractivity contribution in [2.24, 2.45) is 0 Å². The third-order valence-corrected chi connectivity index (χ3v) is 5.83. The molecule has 0 saturated carbocycles. The van der Waals surface area contributed by atoms with Crippen LogP contribution >= 0.6 is 7.52 Å². The molecule has 6 nitrogen and oxygen atoms in total. The second kappa shape index (κ2) is 11.7. The number of rotatable bonds is 14. The average Bonchev–Trinajstić information content (AvgIpc) is 2.52. The summed E-state index contributed by atoms with van der Waals surface area (Å²) in [6, 6.07) is 0. The van der Waals surface area contributed by atoms with E-state index < -0.39 is 7.52 Å². The van der Waals surface area contributed by atoms with Crippen molar-refractivity contribution >= 4 is 24.9 Å². The molecule has 0 aliphatic rings. The lowest BCUT2D eigenvalue weighted by Gasteiger charge is -2.27. The predicted molar refractivity (Wildman–Crippen MR) is 90.6 cm³/mol. The van der Waals surface area contributed by atoms with Crippen LogP contribution in [0, 0.1) is 0 Å². The number of Topliss-reactive ketones (excluding diaryl/α,β-unsaturated/α-hetero) is 3. The molecule has 1 atom stereocenters. The Morgan fingerprint density at radius 1 is 0.826 bits per heavy atom. The van der Waals surface area contributed by atoms with Gasteiger partial charge in [-0.2, -0.15) is 0 Å². The van der Waals surface area contributed by atoms with Gasteiger partial charge in [-0.1, -0.05) is 20.8 Å². The largest absolute Gasteiger partial charge is 0.333 e. The molecule has 0 saturated heterocycles. The van der Waals surface area contributed by atoms with E-state index in [1.54, 1.807) is 13.8 Å². The number of ketones is 3. The Morgan fingerprint density at radius 2 is 1.30 bits per heavy atom. The lowest BCUT2D eigenvalue weighted by Crippen LogP contribution is -2.27. The van der Waals surface area contributed by atoms with Gasteiger partial charge in [0.15, 0.2) is 0 Å². The van der Waals surface area contributed by atoms with Gasteiger partial charge in [0, 0.05) is 57.8 Å². The SMILES string of the molecule is CCCC(=O)CCP(=O)(O)N(CCC(=O)CC)CCC(=O)CC. The molecule has 0 bridgehead atoms. The molecule has 134 valence electrons. The highest BCUT2D eigenvalue weighted by atomic mass is 31.2. The number of carbonyl (C=O) groups excluding carboxylic acids is 3. The second-order valence-electron chi connectivity index (χ2n) is 5.67. The summed E-state index contributed by atoms with van der Waals surface area (Å²) < 4.78 is 13.9. The van der Waals surface area contributed by atoms with Gasteiger partial charge in [-0.25, -0.2) is 4.67 Å². The topological polar surface area (TPSA) is 91.8 Å². The van der Waals surface area contributed by atoms with Gasteiger partial charge < -0.3 is 4.89 Å². The van der Waals surface area contributed by atoms with Crippen LogP contribution in [0.4, 0.5) is 0 Å². The fraction of sp³-hybridized carbons (Fsp3) is 0.812. The maximum absolute atomic E-state index is 12.5. The molecule has 0 aromatic carbocycles. The molecular formula is C16H30NO5P. The number of hydrogen-bond acceptors (Lipinski definition) is 4. The molecule has 0 aromatic heterocycles. The molecule has 0 aliphatic carbocycles. The minimum Gasteiger partial charge on any atom is -0.333 e. The van der Waals surface area contributed by atoms with Crippen molar-refractivity contribution in [2.45, 2.75) is 65.7 Å². The molecule has 7 heteroatoms. The van der Waals surface area contributed by atoms with Gasteiger partial charge in [-0.05, 0) is 6.42 Å². The number of hydrogen-bond donors (Lipinski definition) is 1. The molecule has 1 N–H and O–H groups in total. The Morgan fingerprint density at radius 3 is 1.70 bits per heavy atom. The molecule has 0 heterocycles. The zero-order valence-corrected chi connectivity index (χ0v) is 15.4. The van der Waals surface area contributed by atoms with E-state index in [1.807, 2.05) is 6.92 Å². The van der Waals surface area contributed by atoms with Crippen molar-refractivity contribution in [2.75, 3.05) is 19.3 Å². The first kappa shape index (κ1) is 22.2. The molecule has 0 aliphatic heterocycles. The molecular weight excluding hydrogens is 317 g/mol. The van der Waals surface area contributed by atoms with E-state index >= 15 is 0 Å². The summed E-state index contributed by atoms with van der Waals surface area (Å²) in [5, 5.41) is 0. The first-order valence-corrected chi connectivity index (χ1v) is 10.2. The van der Waals surface area contributed by atoms with Crippen molar-refractivity contribution in [1.82, 2.24) is 4.67 Å². The Labute approximate surface area is 139 Å². The summed E-state index contributed by atoms with van der Waals surface area (Å²) in [6.45, 7) is 5.68. The van der Waals surface area contributed by atoms with Gasteiger partial charge in [-0.15, -0.1) is 0 Å². The van der Waals surface area contributed by atoms with Crippen molar-refractivity contribution in [1.29, 1.82) is 0 Å². The van der Waals surface area contributed by atoms with Crippen LogP contribution in [-0.4, -0.2) is 46.2 Å². The molecule has 0 radical (unpaired) electrons. The summed E-state index contributed by atoms with van der Waals surface area (Å²) in [6.07, 6.45) is 2.19. The van der Waals surface area contributed by atoms with Crippen molar-refractivity contribution < 1.29 is 23.8 Å². The van der Waals surface area contributed by atoms with E-state index in [0.717, 1.165) is 0 Å². The van der Waals surface area contributed by atoms with Gasteiger partial charge in [0.25, 0.3) is 7.52 Å². The van der Waals surface area contributed by atoms with E-state index in [4.69, 9.17) is 0 Å². The molecule has 0 spiro atoms. The Hall–Kier alpha value is -0.840. The minimum atomic E-state index is -3.71. The van der Waals surface area contributed by atoms with Crippen LogP contribution in [0.25, 0.3) is 0 Å². The Balaban J connectivity index is 4.76. The van der Waals surface area contributed by atoms with E-state index in [0.29, 0.717) is 25.7 Å². The zero-order valence-electron chi connectivity index (χ0n) is 14.5. The van der Waals surface area contributed by atoms with Crippen LogP contribution < -0.4 is 0 Å². The van der Waals surface area contributed by atoms with Crippen molar-refractivity contribution in [3.05, 3.63) is 0 Å². The molecule has 0 rings (SSSR count). The first-order chi connectivity index (χ1) is 10.8. The van der Waals surface area contributed by atoms with Gasteiger partial charge in [0.2, 0.25) is 0 Å². The highest BCUT2D eigenvalue weighted by molar-refractivity contribution is 7.55. The fourth-order valence-electron chi connectivity index (χ4n) is 2.10. The molecule has 0 fully saturated rings. The van der Waals surface area contributed by atoms with Gasteiger partial charge in [0.05, 0.1) is 0 Å². The fourth-order valence-corrected chi connectivity index (χ4v) is 3.75. The maximum Gasteiger partial charge on any atom is 0.270 e. The van der Waals surface area contributed by atoms with E-state index in [9.17, 15) is 23.8 Å². The molecule has 0 aromatic rings. The second-order valence-corrected chi connectivity index (χ2v) is 8.01. The smallest absolute Gasteiger partial charge is 0.270 e.